The fourth-order valence-electron chi connectivity index (χ4n) is 4.27. The van der Waals surface area contributed by atoms with Gasteiger partial charge >= 0.3 is 0 Å². The van der Waals surface area contributed by atoms with Gasteiger partial charge in [-0.05, 0) is 56.9 Å². The lowest BCUT2D eigenvalue weighted by molar-refractivity contribution is 0.227. The van der Waals surface area contributed by atoms with Gasteiger partial charge in [-0.2, -0.15) is 0 Å². The first kappa shape index (κ1) is 22.0. The molecule has 1 saturated carbocycles. The third-order valence-electron chi connectivity index (χ3n) is 6.32. The summed E-state index contributed by atoms with van der Waals surface area (Å²) in [6.07, 6.45) is 7.24. The molecule has 0 spiro atoms. The van der Waals surface area contributed by atoms with Crippen LogP contribution < -0.4 is 15.8 Å². The second kappa shape index (κ2) is 8.85. The van der Waals surface area contributed by atoms with Crippen molar-refractivity contribution in [2.45, 2.75) is 39.2 Å². The molecule has 0 radical (unpaired) electrons. The third kappa shape index (κ3) is 4.35. The van der Waals surface area contributed by atoms with Gasteiger partial charge in [0.15, 0.2) is 11.6 Å². The molecule has 7 nitrogen and oxygen atoms in total. The van der Waals surface area contributed by atoms with E-state index in [1.54, 1.807) is 31.6 Å². The Balaban J connectivity index is 1.76. The molecule has 0 saturated heterocycles. The zero-order valence-electron chi connectivity index (χ0n) is 19.2. The minimum atomic E-state index is -0.518. The number of nitrogens with zero attached hydrogens (tertiary/aromatic N) is 3. The standard InChI is InChI=1S/C26H27FN6O/c1-14(28)20-11-22-25(31-8-7-30-22)19-6-5-18(27)10-21(19)15(2)34-23-9-17(13-33-26(23)29)24(20)32-12-16-3-4-16/h5-10,13,15-16,28,32H,3-4,11-12H2,1-2H3,(H2,29,33)/b24-20-,28-14?. The summed E-state index contributed by atoms with van der Waals surface area (Å²) >= 11 is 0. The number of allylic oxidation sites excluding steroid dienone is 1. The predicted molar refractivity (Wildman–Crippen MR) is 130 cm³/mol. The van der Waals surface area contributed by atoms with Crippen LogP contribution in [0.3, 0.4) is 0 Å². The quantitative estimate of drug-likeness (QED) is 0.489. The molecule has 2 aliphatic rings. The van der Waals surface area contributed by atoms with E-state index >= 15 is 0 Å². The number of hydrogen-bond acceptors (Lipinski definition) is 7. The van der Waals surface area contributed by atoms with Gasteiger partial charge in [0.2, 0.25) is 0 Å². The molecule has 1 aliphatic heterocycles. The Morgan fingerprint density at radius 1 is 1.21 bits per heavy atom. The summed E-state index contributed by atoms with van der Waals surface area (Å²) in [5.41, 5.74) is 11.7. The summed E-state index contributed by atoms with van der Waals surface area (Å²) in [5.74, 6) is 0.926. The van der Waals surface area contributed by atoms with Crippen molar-refractivity contribution in [3.63, 3.8) is 0 Å². The lowest BCUT2D eigenvalue weighted by atomic mass is 9.93. The maximum absolute atomic E-state index is 14.3. The van der Waals surface area contributed by atoms with Crippen molar-refractivity contribution in [2.75, 3.05) is 12.3 Å². The molecule has 174 valence electrons. The third-order valence-corrected chi connectivity index (χ3v) is 6.32. The van der Waals surface area contributed by atoms with Gasteiger partial charge in [-0.25, -0.2) is 9.37 Å². The van der Waals surface area contributed by atoms with E-state index in [-0.39, 0.29) is 11.6 Å². The van der Waals surface area contributed by atoms with Crippen LogP contribution in [0.1, 0.15) is 49.6 Å². The summed E-state index contributed by atoms with van der Waals surface area (Å²) in [6, 6.07) is 6.41. The number of aromatic nitrogens is 3. The molecule has 5 rings (SSSR count). The fourth-order valence-corrected chi connectivity index (χ4v) is 4.27. The molecule has 3 aromatic rings. The molecular weight excluding hydrogens is 431 g/mol. The van der Waals surface area contributed by atoms with Gasteiger partial charge < -0.3 is 21.2 Å². The predicted octanol–water partition coefficient (Wildman–Crippen LogP) is 4.71. The minimum Gasteiger partial charge on any atom is -0.482 e. The van der Waals surface area contributed by atoms with E-state index in [2.05, 4.69) is 20.3 Å². The van der Waals surface area contributed by atoms with E-state index in [0.29, 0.717) is 40.8 Å². The maximum Gasteiger partial charge on any atom is 0.166 e. The number of benzene rings is 1. The topological polar surface area (TPSA) is 110 Å². The molecule has 1 fully saturated rings. The number of ether oxygens (including phenoxy) is 1. The monoisotopic (exact) mass is 458 g/mol. The minimum absolute atomic E-state index is 0.250. The van der Waals surface area contributed by atoms with Crippen LogP contribution in [0.5, 0.6) is 5.75 Å². The zero-order valence-corrected chi connectivity index (χ0v) is 19.2. The van der Waals surface area contributed by atoms with Crippen LogP contribution in [0.15, 0.2) is 48.4 Å². The second-order valence-corrected chi connectivity index (χ2v) is 8.93. The molecule has 1 aromatic carbocycles. The van der Waals surface area contributed by atoms with Crippen LogP contribution in [0.2, 0.25) is 0 Å². The molecule has 1 unspecified atom stereocenters. The highest BCUT2D eigenvalue weighted by molar-refractivity contribution is 6.03. The average molecular weight is 459 g/mol. The molecule has 8 heteroatoms. The number of pyridine rings is 1. The van der Waals surface area contributed by atoms with E-state index in [4.69, 9.17) is 15.9 Å². The van der Waals surface area contributed by atoms with Gasteiger partial charge in [-0.3, -0.25) is 9.97 Å². The summed E-state index contributed by atoms with van der Waals surface area (Å²) in [4.78, 5) is 13.6. The number of nitrogen functional groups attached to an aromatic ring is 1. The van der Waals surface area contributed by atoms with Crippen molar-refractivity contribution < 1.29 is 9.13 Å². The van der Waals surface area contributed by atoms with Gasteiger partial charge in [-0.15, -0.1) is 0 Å². The van der Waals surface area contributed by atoms with Crippen LogP contribution in [-0.4, -0.2) is 27.2 Å². The molecule has 3 heterocycles. The lowest BCUT2D eigenvalue weighted by Gasteiger charge is -2.23. The number of hydrogen-bond donors (Lipinski definition) is 3. The van der Waals surface area contributed by atoms with Crippen molar-refractivity contribution in [3.8, 4) is 17.0 Å². The zero-order chi connectivity index (χ0) is 23.8. The van der Waals surface area contributed by atoms with Gasteiger partial charge in [-0.1, -0.05) is 0 Å². The number of nitrogens with one attached hydrogen (secondary N) is 2. The van der Waals surface area contributed by atoms with E-state index in [9.17, 15) is 4.39 Å². The van der Waals surface area contributed by atoms with Crippen LogP contribution in [0.4, 0.5) is 10.2 Å². The van der Waals surface area contributed by atoms with Crippen molar-refractivity contribution in [2.24, 2.45) is 5.92 Å². The highest BCUT2D eigenvalue weighted by Gasteiger charge is 2.26. The first-order chi connectivity index (χ1) is 16.4. The molecule has 2 bridgehead atoms. The molecule has 4 N–H and O–H groups in total. The number of rotatable bonds is 4. The molecule has 34 heavy (non-hydrogen) atoms. The Morgan fingerprint density at radius 3 is 2.76 bits per heavy atom. The number of fused-ring (bicyclic) bond motifs is 5. The van der Waals surface area contributed by atoms with Gasteiger partial charge in [0.1, 0.15) is 11.9 Å². The SMILES string of the molecule is CC(=N)/C1=C(\NCC2CC2)c2cnc(N)c(c2)OC(C)c2cc(F)ccc2-c2nccnc2C1. The smallest absolute Gasteiger partial charge is 0.166 e. The molecule has 0 amide bonds. The highest BCUT2D eigenvalue weighted by atomic mass is 19.1. The van der Waals surface area contributed by atoms with E-state index in [1.807, 2.05) is 13.0 Å². The summed E-state index contributed by atoms with van der Waals surface area (Å²) in [7, 11) is 0. The van der Waals surface area contributed by atoms with Crippen molar-refractivity contribution in [1.82, 2.24) is 20.3 Å². The van der Waals surface area contributed by atoms with Crippen LogP contribution in [0.25, 0.3) is 17.0 Å². The Kier molecular flexibility index (Phi) is 5.73. The van der Waals surface area contributed by atoms with Crippen molar-refractivity contribution in [3.05, 3.63) is 71.1 Å². The number of anilines is 1. The first-order valence-corrected chi connectivity index (χ1v) is 11.5. The number of halogens is 1. The summed E-state index contributed by atoms with van der Waals surface area (Å²) in [5, 5.41) is 12.2. The largest absolute Gasteiger partial charge is 0.482 e. The molecule has 1 atom stereocenters. The Labute approximate surface area is 197 Å². The summed E-state index contributed by atoms with van der Waals surface area (Å²) < 4.78 is 20.5. The Morgan fingerprint density at radius 2 is 2.00 bits per heavy atom. The highest BCUT2D eigenvalue weighted by Crippen LogP contribution is 2.37. The Bertz CT molecular complexity index is 1300. The van der Waals surface area contributed by atoms with Crippen molar-refractivity contribution in [1.29, 1.82) is 5.41 Å². The van der Waals surface area contributed by atoms with E-state index in [0.717, 1.165) is 28.9 Å². The van der Waals surface area contributed by atoms with E-state index < -0.39 is 6.10 Å². The Hall–Kier alpha value is -3.81. The maximum atomic E-state index is 14.3. The lowest BCUT2D eigenvalue weighted by Crippen LogP contribution is -2.21. The average Bonchev–Trinajstić information content (AvgIpc) is 3.64. The van der Waals surface area contributed by atoms with Crippen LogP contribution >= 0.6 is 0 Å². The van der Waals surface area contributed by atoms with Gasteiger partial charge in [0, 0.05) is 65.2 Å². The van der Waals surface area contributed by atoms with E-state index in [1.165, 1.54) is 25.0 Å². The molecule has 2 aromatic heterocycles. The number of nitrogens with two attached hydrogens (primary N) is 1. The molecular formula is C26H27FN6O. The second-order valence-electron chi connectivity index (χ2n) is 8.93. The first-order valence-electron chi connectivity index (χ1n) is 11.5. The fraction of sp³-hybridized carbons (Fsp3) is 0.308. The van der Waals surface area contributed by atoms with Gasteiger partial charge in [0.25, 0.3) is 0 Å². The normalized spacial score (nSPS) is 19.7. The van der Waals surface area contributed by atoms with Crippen LogP contribution in [-0.2, 0) is 6.42 Å². The van der Waals surface area contributed by atoms with Gasteiger partial charge in [0.05, 0.1) is 11.4 Å². The van der Waals surface area contributed by atoms with Crippen molar-refractivity contribution >= 4 is 17.2 Å². The summed E-state index contributed by atoms with van der Waals surface area (Å²) in [6.45, 7) is 4.43. The molecule has 1 aliphatic carbocycles. The van der Waals surface area contributed by atoms with Crippen LogP contribution in [0, 0.1) is 17.1 Å².